The Balaban J connectivity index is 2.97. The van der Waals surface area contributed by atoms with Gasteiger partial charge in [0, 0.05) is 7.11 Å². The summed E-state index contributed by atoms with van der Waals surface area (Å²) < 4.78 is 4.99. The first-order chi connectivity index (χ1) is 6.69. The summed E-state index contributed by atoms with van der Waals surface area (Å²) in [7, 11) is 1.62. The maximum absolute atomic E-state index is 9.35. The van der Waals surface area contributed by atoms with Gasteiger partial charge in [-0.05, 0) is 29.7 Å². The first-order valence-electron chi connectivity index (χ1n) is 4.75. The second-order valence-electron chi connectivity index (χ2n) is 3.30. The van der Waals surface area contributed by atoms with Crippen LogP contribution < -0.4 is 5.73 Å². The summed E-state index contributed by atoms with van der Waals surface area (Å²) in [4.78, 5) is 0. The average Bonchev–Trinajstić information content (AvgIpc) is 2.18. The van der Waals surface area contributed by atoms with E-state index in [-0.39, 0.29) is 11.8 Å². The number of nitrogens with two attached hydrogens (primary N) is 1. The molecule has 1 atom stereocenters. The number of ether oxygens (including phenoxy) is 1. The molecule has 0 saturated heterocycles. The van der Waals surface area contributed by atoms with Crippen LogP contribution in [0.25, 0.3) is 0 Å². The third-order valence-corrected chi connectivity index (χ3v) is 2.26. The molecule has 3 nitrogen and oxygen atoms in total. The van der Waals surface area contributed by atoms with Gasteiger partial charge in [0.1, 0.15) is 5.75 Å². The minimum Gasteiger partial charge on any atom is -0.508 e. The Kier molecular flexibility index (Phi) is 3.92. The van der Waals surface area contributed by atoms with Crippen molar-refractivity contribution in [2.45, 2.75) is 19.4 Å². The summed E-state index contributed by atoms with van der Waals surface area (Å²) in [6, 6.07) is 5.13. The number of aryl methyl sites for hydroxylation is 1. The highest BCUT2D eigenvalue weighted by molar-refractivity contribution is 5.36. The van der Waals surface area contributed by atoms with Gasteiger partial charge in [-0.2, -0.15) is 0 Å². The maximum atomic E-state index is 9.35. The van der Waals surface area contributed by atoms with Crippen LogP contribution in [0.15, 0.2) is 18.2 Å². The second-order valence-corrected chi connectivity index (χ2v) is 3.30. The number of hydrogen-bond donors (Lipinski definition) is 2. The number of methoxy groups -OCH3 is 1. The van der Waals surface area contributed by atoms with Crippen molar-refractivity contribution < 1.29 is 9.84 Å². The average molecular weight is 195 g/mol. The maximum Gasteiger partial charge on any atom is 0.115 e. The van der Waals surface area contributed by atoms with Gasteiger partial charge >= 0.3 is 0 Å². The van der Waals surface area contributed by atoms with E-state index in [4.69, 9.17) is 10.5 Å². The fourth-order valence-corrected chi connectivity index (χ4v) is 1.52. The quantitative estimate of drug-likeness (QED) is 0.767. The number of benzene rings is 1. The van der Waals surface area contributed by atoms with Crippen LogP contribution in [0.5, 0.6) is 5.75 Å². The molecule has 0 aromatic heterocycles. The van der Waals surface area contributed by atoms with E-state index in [0.29, 0.717) is 6.61 Å². The number of phenols is 1. The topological polar surface area (TPSA) is 55.5 Å². The highest BCUT2D eigenvalue weighted by atomic mass is 16.5. The number of hydrogen-bond acceptors (Lipinski definition) is 3. The third-order valence-electron chi connectivity index (χ3n) is 2.26. The molecule has 78 valence electrons. The van der Waals surface area contributed by atoms with Gasteiger partial charge < -0.3 is 15.6 Å². The van der Waals surface area contributed by atoms with Crippen molar-refractivity contribution in [2.75, 3.05) is 13.7 Å². The van der Waals surface area contributed by atoms with Crippen molar-refractivity contribution >= 4 is 0 Å². The molecule has 1 aromatic carbocycles. The molecule has 0 spiro atoms. The van der Waals surface area contributed by atoms with Crippen molar-refractivity contribution in [3.63, 3.8) is 0 Å². The Hall–Kier alpha value is -1.06. The van der Waals surface area contributed by atoms with Gasteiger partial charge in [-0.15, -0.1) is 0 Å². The normalized spacial score (nSPS) is 12.8. The monoisotopic (exact) mass is 195 g/mol. The summed E-state index contributed by atoms with van der Waals surface area (Å²) in [6.07, 6.45) is 0.910. The zero-order valence-electron chi connectivity index (χ0n) is 8.66. The van der Waals surface area contributed by atoms with Gasteiger partial charge in [-0.3, -0.25) is 0 Å². The van der Waals surface area contributed by atoms with E-state index < -0.39 is 0 Å². The molecule has 3 heteroatoms. The molecule has 0 bridgehead atoms. The lowest BCUT2D eigenvalue weighted by Crippen LogP contribution is -2.17. The predicted molar refractivity (Wildman–Crippen MR) is 56.3 cm³/mol. The molecule has 0 saturated carbocycles. The van der Waals surface area contributed by atoms with Gasteiger partial charge in [0.2, 0.25) is 0 Å². The van der Waals surface area contributed by atoms with Crippen molar-refractivity contribution in [2.24, 2.45) is 5.73 Å². The fourth-order valence-electron chi connectivity index (χ4n) is 1.52. The Labute approximate surface area is 84.5 Å². The molecular weight excluding hydrogens is 178 g/mol. The molecule has 3 N–H and O–H groups in total. The first kappa shape index (κ1) is 11.0. The molecule has 0 aliphatic rings. The molecule has 0 unspecified atom stereocenters. The lowest BCUT2D eigenvalue weighted by Gasteiger charge is -2.15. The van der Waals surface area contributed by atoms with Crippen molar-refractivity contribution in [1.82, 2.24) is 0 Å². The van der Waals surface area contributed by atoms with Gasteiger partial charge in [0.25, 0.3) is 0 Å². The Morgan fingerprint density at radius 3 is 2.79 bits per heavy atom. The highest BCUT2D eigenvalue weighted by Gasteiger charge is 2.10. The van der Waals surface area contributed by atoms with Crippen LogP contribution >= 0.6 is 0 Å². The molecule has 0 heterocycles. The van der Waals surface area contributed by atoms with Crippen LogP contribution in [0.1, 0.15) is 24.1 Å². The Morgan fingerprint density at radius 1 is 1.50 bits per heavy atom. The molecule has 1 aromatic rings. The van der Waals surface area contributed by atoms with Gasteiger partial charge in [-0.25, -0.2) is 0 Å². The van der Waals surface area contributed by atoms with E-state index in [9.17, 15) is 5.11 Å². The van der Waals surface area contributed by atoms with Crippen LogP contribution in [0, 0.1) is 0 Å². The zero-order valence-corrected chi connectivity index (χ0v) is 8.66. The smallest absolute Gasteiger partial charge is 0.115 e. The first-order valence-corrected chi connectivity index (χ1v) is 4.75. The second kappa shape index (κ2) is 4.98. The lowest BCUT2D eigenvalue weighted by molar-refractivity contribution is 0.180. The molecule has 14 heavy (non-hydrogen) atoms. The van der Waals surface area contributed by atoms with E-state index in [1.807, 2.05) is 6.07 Å². The summed E-state index contributed by atoms with van der Waals surface area (Å²) in [6.45, 7) is 2.53. The molecule has 0 aliphatic heterocycles. The van der Waals surface area contributed by atoms with E-state index in [2.05, 4.69) is 6.92 Å². The summed E-state index contributed by atoms with van der Waals surface area (Å²) in [5.41, 5.74) is 8.04. The lowest BCUT2D eigenvalue weighted by atomic mass is 9.99. The third kappa shape index (κ3) is 2.47. The standard InChI is InChI=1S/C11H17NO2/c1-3-8-4-5-9(13)6-10(8)11(12)7-14-2/h4-6,11,13H,3,7,12H2,1-2H3/t11-/m1/s1. The SMILES string of the molecule is CCc1ccc(O)cc1[C@H](N)COC. The summed E-state index contributed by atoms with van der Waals surface area (Å²) in [5, 5.41) is 9.35. The van der Waals surface area contributed by atoms with E-state index in [1.54, 1.807) is 19.2 Å². The summed E-state index contributed by atoms with van der Waals surface area (Å²) in [5.74, 6) is 0.253. The van der Waals surface area contributed by atoms with Gasteiger partial charge in [-0.1, -0.05) is 13.0 Å². The molecule has 0 amide bonds. The van der Waals surface area contributed by atoms with E-state index in [1.165, 1.54) is 0 Å². The van der Waals surface area contributed by atoms with Gasteiger partial charge in [0.05, 0.1) is 12.6 Å². The predicted octanol–water partition coefficient (Wildman–Crippen LogP) is 1.60. The van der Waals surface area contributed by atoms with Crippen LogP contribution in [0.2, 0.25) is 0 Å². The van der Waals surface area contributed by atoms with Crippen molar-refractivity contribution in [1.29, 1.82) is 0 Å². The van der Waals surface area contributed by atoms with E-state index in [0.717, 1.165) is 17.5 Å². The fraction of sp³-hybridized carbons (Fsp3) is 0.455. The molecule has 1 rings (SSSR count). The molecule has 0 fully saturated rings. The number of aromatic hydroxyl groups is 1. The van der Waals surface area contributed by atoms with Crippen molar-refractivity contribution in [3.05, 3.63) is 29.3 Å². The van der Waals surface area contributed by atoms with Crippen LogP contribution in [0.4, 0.5) is 0 Å². The minimum absolute atomic E-state index is 0.165. The van der Waals surface area contributed by atoms with Crippen LogP contribution in [-0.4, -0.2) is 18.8 Å². The molecule has 0 aliphatic carbocycles. The number of phenolic OH excluding ortho intramolecular Hbond substituents is 1. The summed E-state index contributed by atoms with van der Waals surface area (Å²) >= 11 is 0. The minimum atomic E-state index is -0.165. The van der Waals surface area contributed by atoms with Crippen LogP contribution in [0.3, 0.4) is 0 Å². The van der Waals surface area contributed by atoms with E-state index >= 15 is 0 Å². The molecule has 0 radical (unpaired) electrons. The Morgan fingerprint density at radius 2 is 2.21 bits per heavy atom. The number of rotatable bonds is 4. The van der Waals surface area contributed by atoms with Crippen molar-refractivity contribution in [3.8, 4) is 5.75 Å². The highest BCUT2D eigenvalue weighted by Crippen LogP contribution is 2.22. The molecular formula is C11H17NO2. The largest absolute Gasteiger partial charge is 0.508 e. The van der Waals surface area contributed by atoms with Gasteiger partial charge in [0.15, 0.2) is 0 Å². The van der Waals surface area contributed by atoms with Crippen LogP contribution in [-0.2, 0) is 11.2 Å². The Bertz CT molecular complexity index is 299. The zero-order chi connectivity index (χ0) is 10.6.